The number of carbonyl (C=O) groups excluding carboxylic acids is 1. The Morgan fingerprint density at radius 3 is 2.76 bits per heavy atom. The number of halogens is 2. The zero-order valence-electron chi connectivity index (χ0n) is 10.2. The third kappa shape index (κ3) is 2.66. The zero-order valence-corrected chi connectivity index (χ0v) is 10.2. The maximum absolute atomic E-state index is 12.9. The van der Waals surface area contributed by atoms with Crippen LogP contribution in [0.4, 0.5) is 14.6 Å². The summed E-state index contributed by atoms with van der Waals surface area (Å²) in [7, 11) is 0. The Hall–Kier alpha value is -2.97. The maximum atomic E-state index is 12.9. The summed E-state index contributed by atoms with van der Waals surface area (Å²) in [5.41, 5.74) is -0.564. The standard InChI is InChI=1S/C12H7F2N3O4/c13-12(14)20-7-2-1-6(5-8(7)21-12)10(18)16-9-3-4-15-11(19)17-9/h1-5H,(H2,15,16,17,18,19). The molecule has 2 N–H and O–H groups in total. The van der Waals surface area contributed by atoms with Crippen LogP contribution in [0.1, 0.15) is 10.4 Å². The number of amides is 1. The van der Waals surface area contributed by atoms with E-state index in [4.69, 9.17) is 0 Å². The van der Waals surface area contributed by atoms with Crippen LogP contribution in [0.3, 0.4) is 0 Å². The van der Waals surface area contributed by atoms with Crippen molar-refractivity contribution in [1.29, 1.82) is 0 Å². The summed E-state index contributed by atoms with van der Waals surface area (Å²) in [5.74, 6) is -0.883. The van der Waals surface area contributed by atoms with Gasteiger partial charge in [-0.3, -0.25) is 9.78 Å². The fraction of sp³-hybridized carbons (Fsp3) is 0.0833. The molecule has 1 aliphatic heterocycles. The van der Waals surface area contributed by atoms with Crippen molar-refractivity contribution in [1.82, 2.24) is 9.97 Å². The Morgan fingerprint density at radius 1 is 1.24 bits per heavy atom. The second kappa shape index (κ2) is 4.54. The Morgan fingerprint density at radius 2 is 2.00 bits per heavy atom. The quantitative estimate of drug-likeness (QED) is 0.872. The first-order valence-electron chi connectivity index (χ1n) is 5.69. The van der Waals surface area contributed by atoms with Gasteiger partial charge in [-0.2, -0.15) is 0 Å². The third-order valence-electron chi connectivity index (χ3n) is 2.59. The molecule has 0 saturated heterocycles. The molecule has 108 valence electrons. The minimum absolute atomic E-state index is 0.0627. The summed E-state index contributed by atoms with van der Waals surface area (Å²) in [5, 5.41) is 2.39. The highest BCUT2D eigenvalue weighted by Crippen LogP contribution is 2.41. The molecule has 7 nitrogen and oxygen atoms in total. The van der Waals surface area contributed by atoms with Crippen LogP contribution in [-0.4, -0.2) is 22.2 Å². The molecule has 0 fully saturated rings. The van der Waals surface area contributed by atoms with E-state index in [1.807, 2.05) is 0 Å². The average Bonchev–Trinajstić information content (AvgIpc) is 2.71. The lowest BCUT2D eigenvalue weighted by molar-refractivity contribution is -0.286. The number of H-pyrrole nitrogens is 1. The van der Waals surface area contributed by atoms with Gasteiger partial charge in [0.15, 0.2) is 11.5 Å². The Kier molecular flexibility index (Phi) is 2.82. The fourth-order valence-electron chi connectivity index (χ4n) is 1.73. The van der Waals surface area contributed by atoms with E-state index in [1.165, 1.54) is 24.4 Å². The van der Waals surface area contributed by atoms with Gasteiger partial charge in [-0.1, -0.05) is 0 Å². The summed E-state index contributed by atoms with van der Waals surface area (Å²) < 4.78 is 34.2. The highest BCUT2D eigenvalue weighted by atomic mass is 19.3. The molecule has 0 radical (unpaired) electrons. The number of anilines is 1. The third-order valence-corrected chi connectivity index (χ3v) is 2.59. The van der Waals surface area contributed by atoms with Crippen molar-refractivity contribution in [3.63, 3.8) is 0 Å². The minimum Gasteiger partial charge on any atom is -0.395 e. The van der Waals surface area contributed by atoms with Crippen LogP contribution in [-0.2, 0) is 0 Å². The number of aromatic amines is 1. The molecular weight excluding hydrogens is 288 g/mol. The molecule has 1 aromatic heterocycles. The van der Waals surface area contributed by atoms with Crippen LogP contribution in [0.2, 0.25) is 0 Å². The van der Waals surface area contributed by atoms with Crippen molar-refractivity contribution in [3.05, 3.63) is 46.5 Å². The van der Waals surface area contributed by atoms with Gasteiger partial charge in [-0.15, -0.1) is 8.78 Å². The largest absolute Gasteiger partial charge is 0.586 e. The molecule has 0 saturated carbocycles. The molecule has 3 rings (SSSR count). The smallest absolute Gasteiger partial charge is 0.395 e. The predicted molar refractivity (Wildman–Crippen MR) is 65.5 cm³/mol. The molecule has 1 amide bonds. The minimum atomic E-state index is -3.74. The zero-order chi connectivity index (χ0) is 15.0. The lowest BCUT2D eigenvalue weighted by Gasteiger charge is -2.05. The lowest BCUT2D eigenvalue weighted by atomic mass is 10.2. The molecule has 0 atom stereocenters. The number of hydrogen-bond acceptors (Lipinski definition) is 5. The van der Waals surface area contributed by atoms with Gasteiger partial charge in [0, 0.05) is 11.8 Å². The van der Waals surface area contributed by atoms with Crippen molar-refractivity contribution >= 4 is 11.7 Å². The monoisotopic (exact) mass is 295 g/mol. The number of nitrogens with zero attached hydrogens (tertiary/aromatic N) is 1. The van der Waals surface area contributed by atoms with Crippen molar-refractivity contribution in [2.24, 2.45) is 0 Å². The molecule has 21 heavy (non-hydrogen) atoms. The number of fused-ring (bicyclic) bond motifs is 1. The second-order valence-electron chi connectivity index (χ2n) is 4.07. The summed E-state index contributed by atoms with van der Waals surface area (Å²) in [6, 6.07) is 4.98. The Labute approximate surface area is 115 Å². The normalized spacial score (nSPS) is 14.8. The van der Waals surface area contributed by atoms with Gasteiger partial charge in [0.25, 0.3) is 5.91 Å². The molecule has 2 heterocycles. The van der Waals surface area contributed by atoms with Crippen LogP contribution >= 0.6 is 0 Å². The molecular formula is C12H7F2N3O4. The molecule has 0 aliphatic carbocycles. The number of rotatable bonds is 2. The van der Waals surface area contributed by atoms with E-state index < -0.39 is 17.9 Å². The number of ether oxygens (including phenoxy) is 2. The van der Waals surface area contributed by atoms with Crippen molar-refractivity contribution in [3.8, 4) is 11.5 Å². The van der Waals surface area contributed by atoms with E-state index in [-0.39, 0.29) is 22.9 Å². The van der Waals surface area contributed by atoms with Gasteiger partial charge in [0.2, 0.25) is 0 Å². The van der Waals surface area contributed by atoms with Gasteiger partial charge in [0.05, 0.1) is 0 Å². The first-order chi connectivity index (χ1) is 9.93. The molecule has 0 unspecified atom stereocenters. The number of aromatic nitrogens is 2. The number of hydrogen-bond donors (Lipinski definition) is 2. The first kappa shape index (κ1) is 13.0. The number of alkyl halides is 2. The van der Waals surface area contributed by atoms with E-state index in [2.05, 4.69) is 24.8 Å². The molecule has 9 heteroatoms. The van der Waals surface area contributed by atoms with Crippen LogP contribution < -0.4 is 20.5 Å². The number of nitrogens with one attached hydrogen (secondary N) is 2. The topological polar surface area (TPSA) is 93.3 Å². The van der Waals surface area contributed by atoms with Crippen LogP contribution in [0.5, 0.6) is 11.5 Å². The summed E-state index contributed by atoms with van der Waals surface area (Å²) >= 11 is 0. The van der Waals surface area contributed by atoms with Crippen LogP contribution in [0.15, 0.2) is 35.3 Å². The second-order valence-corrected chi connectivity index (χ2v) is 4.07. The van der Waals surface area contributed by atoms with Gasteiger partial charge < -0.3 is 14.8 Å². The highest BCUT2D eigenvalue weighted by molar-refractivity contribution is 6.04. The lowest BCUT2D eigenvalue weighted by Crippen LogP contribution is -2.25. The molecule has 2 aromatic rings. The predicted octanol–water partition coefficient (Wildman–Crippen LogP) is 1.34. The average molecular weight is 295 g/mol. The van der Waals surface area contributed by atoms with Gasteiger partial charge >= 0.3 is 12.0 Å². The van der Waals surface area contributed by atoms with Crippen molar-refractivity contribution in [2.45, 2.75) is 6.29 Å². The van der Waals surface area contributed by atoms with Gasteiger partial charge in [-0.05, 0) is 24.3 Å². The summed E-state index contributed by atoms with van der Waals surface area (Å²) in [6.07, 6.45) is -2.53. The number of carbonyl (C=O) groups is 1. The van der Waals surface area contributed by atoms with Gasteiger partial charge in [-0.25, -0.2) is 9.78 Å². The summed E-state index contributed by atoms with van der Waals surface area (Å²) in [4.78, 5) is 28.6. The highest BCUT2D eigenvalue weighted by Gasteiger charge is 2.43. The first-order valence-corrected chi connectivity index (χ1v) is 5.69. The maximum Gasteiger partial charge on any atom is 0.586 e. The Bertz CT molecular complexity index is 775. The van der Waals surface area contributed by atoms with Gasteiger partial charge in [0.1, 0.15) is 5.82 Å². The molecule has 1 aliphatic rings. The van der Waals surface area contributed by atoms with Crippen molar-refractivity contribution < 1.29 is 23.0 Å². The van der Waals surface area contributed by atoms with Crippen LogP contribution in [0, 0.1) is 0 Å². The van der Waals surface area contributed by atoms with E-state index in [9.17, 15) is 18.4 Å². The van der Waals surface area contributed by atoms with Crippen molar-refractivity contribution in [2.75, 3.05) is 5.32 Å². The van der Waals surface area contributed by atoms with E-state index in [0.717, 1.165) is 6.07 Å². The summed E-state index contributed by atoms with van der Waals surface area (Å²) in [6.45, 7) is 0. The molecule has 1 aromatic carbocycles. The van der Waals surface area contributed by atoms with Crippen LogP contribution in [0.25, 0.3) is 0 Å². The SMILES string of the molecule is O=C(Nc1ccnc(=O)[nH]1)c1ccc2c(c1)OC(F)(F)O2. The fourth-order valence-corrected chi connectivity index (χ4v) is 1.73. The van der Waals surface area contributed by atoms with E-state index in [1.54, 1.807) is 0 Å². The van der Waals surface area contributed by atoms with E-state index >= 15 is 0 Å². The number of benzene rings is 1. The van der Waals surface area contributed by atoms with E-state index in [0.29, 0.717) is 0 Å². The Balaban J connectivity index is 1.82. The molecule has 0 spiro atoms. The molecule has 0 bridgehead atoms.